The minimum absolute atomic E-state index is 0.0927. The first kappa shape index (κ1) is 57.9. The topological polar surface area (TPSA) is 117 Å². The standard InChI is InChI=1S/C51H92NO7P/c1-3-5-7-9-11-13-15-17-19-21-23-25-26-28-30-32-34-36-38-40-42-44-51(53)59-50(49-58-60(54,55)57-47-45-52)48-56-46-43-41-39-37-35-33-31-29-27-24-22-20-18-16-14-12-10-8-6-4-2/h12,14-15,17-18,20-21,23-24,26-28,50H,3-11,13,16,19,22,25,29-49,52H2,1-2H3,(H,54,55)/b14-12-,17-15-,20-18-,23-21-,27-24-,28-26-. The molecule has 9 heteroatoms. The number of hydrogen-bond donors (Lipinski definition) is 2. The van der Waals surface area contributed by atoms with Crippen molar-refractivity contribution in [1.29, 1.82) is 0 Å². The maximum atomic E-state index is 12.6. The van der Waals surface area contributed by atoms with E-state index in [-0.39, 0.29) is 32.3 Å². The van der Waals surface area contributed by atoms with Gasteiger partial charge in [-0.25, -0.2) is 4.57 Å². The Morgan fingerprint density at radius 2 is 0.883 bits per heavy atom. The van der Waals surface area contributed by atoms with Gasteiger partial charge in [-0.3, -0.25) is 13.8 Å². The number of phosphoric acid groups is 1. The molecule has 60 heavy (non-hydrogen) atoms. The van der Waals surface area contributed by atoms with Gasteiger partial charge in [0.1, 0.15) is 6.10 Å². The SMILES string of the molecule is CCCCC/C=C\C/C=C\C/C=C\CCCCCCCCCOCC(COP(=O)(O)OCCN)OC(=O)CCCCCCCC/C=C\C/C=C\C/C=C\CCCCCCC. The second-order valence-electron chi connectivity index (χ2n) is 16.0. The van der Waals surface area contributed by atoms with Crippen LogP contribution < -0.4 is 5.73 Å². The average Bonchev–Trinajstić information content (AvgIpc) is 3.24. The van der Waals surface area contributed by atoms with E-state index in [1.165, 1.54) is 103 Å². The summed E-state index contributed by atoms with van der Waals surface area (Å²) in [5, 5.41) is 0. The Kier molecular flexibility index (Phi) is 46.3. The summed E-state index contributed by atoms with van der Waals surface area (Å²) < 4.78 is 33.5. The van der Waals surface area contributed by atoms with E-state index < -0.39 is 13.9 Å². The molecule has 0 heterocycles. The van der Waals surface area contributed by atoms with Gasteiger partial charge in [0.05, 0.1) is 19.8 Å². The van der Waals surface area contributed by atoms with E-state index in [0.29, 0.717) is 13.0 Å². The Morgan fingerprint density at radius 1 is 0.500 bits per heavy atom. The first-order chi connectivity index (χ1) is 29.4. The number of allylic oxidation sites excluding steroid dienone is 12. The lowest BCUT2D eigenvalue weighted by atomic mass is 10.1. The third-order valence-electron chi connectivity index (χ3n) is 10.1. The Labute approximate surface area is 369 Å². The van der Waals surface area contributed by atoms with E-state index in [9.17, 15) is 14.3 Å². The summed E-state index contributed by atoms with van der Waals surface area (Å²) in [5.74, 6) is -0.348. The molecule has 3 N–H and O–H groups in total. The molecule has 0 aliphatic heterocycles. The number of rotatable bonds is 46. The van der Waals surface area contributed by atoms with Crippen molar-refractivity contribution >= 4 is 13.8 Å². The van der Waals surface area contributed by atoms with Crippen LogP contribution in [0, 0.1) is 0 Å². The van der Waals surface area contributed by atoms with E-state index in [2.05, 4.69) is 86.8 Å². The molecule has 0 aromatic rings. The van der Waals surface area contributed by atoms with Crippen molar-refractivity contribution in [3.05, 3.63) is 72.9 Å². The van der Waals surface area contributed by atoms with Crippen LogP contribution in [-0.2, 0) is 27.9 Å². The van der Waals surface area contributed by atoms with Gasteiger partial charge in [0.2, 0.25) is 0 Å². The summed E-state index contributed by atoms with van der Waals surface area (Å²) in [5.41, 5.74) is 5.38. The van der Waals surface area contributed by atoms with Crippen LogP contribution in [0.4, 0.5) is 0 Å². The van der Waals surface area contributed by atoms with Gasteiger partial charge in [-0.1, -0.05) is 183 Å². The molecule has 0 bridgehead atoms. The van der Waals surface area contributed by atoms with Crippen LogP contribution in [-0.4, -0.2) is 49.9 Å². The number of unbranched alkanes of at least 4 members (excludes halogenated alkanes) is 21. The number of phosphoric ester groups is 1. The third-order valence-corrected chi connectivity index (χ3v) is 11.1. The van der Waals surface area contributed by atoms with Crippen molar-refractivity contribution < 1.29 is 32.8 Å². The predicted octanol–water partition coefficient (Wildman–Crippen LogP) is 15.1. The highest BCUT2D eigenvalue weighted by Gasteiger charge is 2.25. The summed E-state index contributed by atoms with van der Waals surface area (Å²) in [6.45, 7) is 4.84. The lowest BCUT2D eigenvalue weighted by Crippen LogP contribution is -2.28. The van der Waals surface area contributed by atoms with Crippen LogP contribution in [0.1, 0.15) is 206 Å². The smallest absolute Gasteiger partial charge is 0.457 e. The van der Waals surface area contributed by atoms with Gasteiger partial charge in [-0.15, -0.1) is 0 Å². The molecule has 0 aliphatic rings. The lowest BCUT2D eigenvalue weighted by molar-refractivity contribution is -0.154. The van der Waals surface area contributed by atoms with Gasteiger partial charge in [0.15, 0.2) is 0 Å². The molecule has 0 aromatic carbocycles. The molecule has 2 unspecified atom stereocenters. The normalized spacial score (nSPS) is 14.0. The third kappa shape index (κ3) is 47.0. The zero-order valence-corrected chi connectivity index (χ0v) is 39.6. The second-order valence-corrected chi connectivity index (χ2v) is 17.4. The van der Waals surface area contributed by atoms with Crippen LogP contribution in [0.25, 0.3) is 0 Å². The number of ether oxygens (including phenoxy) is 2. The maximum absolute atomic E-state index is 12.6. The van der Waals surface area contributed by atoms with Crippen molar-refractivity contribution in [2.45, 2.75) is 213 Å². The van der Waals surface area contributed by atoms with Crippen molar-refractivity contribution in [1.82, 2.24) is 0 Å². The number of nitrogens with two attached hydrogens (primary N) is 1. The van der Waals surface area contributed by atoms with Crippen molar-refractivity contribution in [3.63, 3.8) is 0 Å². The number of carbonyl (C=O) groups is 1. The van der Waals surface area contributed by atoms with Crippen molar-refractivity contribution in [2.75, 3.05) is 33.0 Å². The molecule has 0 radical (unpaired) electrons. The van der Waals surface area contributed by atoms with Crippen LogP contribution in [0.15, 0.2) is 72.9 Å². The Morgan fingerprint density at radius 3 is 1.35 bits per heavy atom. The Bertz CT molecular complexity index is 1150. The molecule has 348 valence electrons. The molecule has 0 spiro atoms. The zero-order valence-electron chi connectivity index (χ0n) is 38.7. The first-order valence-electron chi connectivity index (χ1n) is 24.4. The number of carbonyl (C=O) groups excluding carboxylic acids is 1. The van der Waals surface area contributed by atoms with E-state index in [4.69, 9.17) is 24.3 Å². The van der Waals surface area contributed by atoms with E-state index in [1.807, 2.05) is 0 Å². The summed E-state index contributed by atoms with van der Waals surface area (Å²) in [4.78, 5) is 22.6. The molecule has 8 nitrogen and oxygen atoms in total. The minimum Gasteiger partial charge on any atom is -0.457 e. The van der Waals surface area contributed by atoms with Gasteiger partial charge >= 0.3 is 13.8 Å². The van der Waals surface area contributed by atoms with E-state index in [0.717, 1.165) is 83.5 Å². The molecule has 0 amide bonds. The van der Waals surface area contributed by atoms with Gasteiger partial charge in [0.25, 0.3) is 0 Å². The van der Waals surface area contributed by atoms with Crippen molar-refractivity contribution in [2.24, 2.45) is 5.73 Å². The summed E-state index contributed by atoms with van der Waals surface area (Å²) in [6, 6.07) is 0. The molecule has 0 aromatic heterocycles. The quantitative estimate of drug-likeness (QED) is 0.0269. The largest absolute Gasteiger partial charge is 0.472 e. The Hall–Kier alpha value is -2.06. The highest BCUT2D eigenvalue weighted by Crippen LogP contribution is 2.43. The molecular weight excluding hydrogens is 770 g/mol. The van der Waals surface area contributed by atoms with Gasteiger partial charge < -0.3 is 20.1 Å². The monoisotopic (exact) mass is 862 g/mol. The molecule has 0 fully saturated rings. The van der Waals surface area contributed by atoms with Crippen LogP contribution in [0.2, 0.25) is 0 Å². The first-order valence-corrected chi connectivity index (χ1v) is 25.9. The number of hydrogen-bond acceptors (Lipinski definition) is 7. The van der Waals surface area contributed by atoms with Crippen LogP contribution in [0.3, 0.4) is 0 Å². The lowest BCUT2D eigenvalue weighted by Gasteiger charge is -2.20. The fourth-order valence-corrected chi connectivity index (χ4v) is 7.25. The summed E-state index contributed by atoms with van der Waals surface area (Å²) in [6.07, 6.45) is 60.6. The molecule has 0 saturated carbocycles. The molecule has 2 atom stereocenters. The van der Waals surface area contributed by atoms with Gasteiger partial charge in [-0.05, 0) is 89.9 Å². The summed E-state index contributed by atoms with van der Waals surface area (Å²) in [7, 11) is -4.29. The zero-order chi connectivity index (χ0) is 43.7. The molecule has 0 saturated heterocycles. The van der Waals surface area contributed by atoms with E-state index in [1.54, 1.807) is 0 Å². The fraction of sp³-hybridized carbons (Fsp3) is 0.745. The summed E-state index contributed by atoms with van der Waals surface area (Å²) >= 11 is 0. The maximum Gasteiger partial charge on any atom is 0.472 e. The van der Waals surface area contributed by atoms with Gasteiger partial charge in [-0.2, -0.15) is 0 Å². The number of esters is 1. The van der Waals surface area contributed by atoms with Crippen molar-refractivity contribution in [3.8, 4) is 0 Å². The van der Waals surface area contributed by atoms with Gasteiger partial charge in [0, 0.05) is 19.6 Å². The minimum atomic E-state index is -4.29. The Balaban J connectivity index is 4.05. The second kappa shape index (κ2) is 48.0. The highest BCUT2D eigenvalue weighted by atomic mass is 31.2. The molecular formula is C51H92NO7P. The highest BCUT2D eigenvalue weighted by molar-refractivity contribution is 7.47. The fourth-order valence-electron chi connectivity index (χ4n) is 6.48. The molecule has 0 rings (SSSR count). The van der Waals surface area contributed by atoms with Crippen LogP contribution >= 0.6 is 7.82 Å². The van der Waals surface area contributed by atoms with Crippen LogP contribution in [0.5, 0.6) is 0 Å². The van der Waals surface area contributed by atoms with E-state index >= 15 is 0 Å². The molecule has 0 aliphatic carbocycles. The predicted molar refractivity (Wildman–Crippen MR) is 256 cm³/mol. The average molecular weight is 862 g/mol.